The molecule has 2 unspecified atom stereocenters. The van der Waals surface area contributed by atoms with Crippen LogP contribution in [0.4, 0.5) is 4.79 Å². The molecule has 8 heteroatoms. The first kappa shape index (κ1) is 19.8. The Kier molecular flexibility index (Phi) is 5.31. The Morgan fingerprint density at radius 1 is 1.00 bits per heavy atom. The van der Waals surface area contributed by atoms with E-state index in [1.165, 1.54) is 11.1 Å². The number of imide groups is 1. The summed E-state index contributed by atoms with van der Waals surface area (Å²) in [4.78, 5) is 35.1. The number of fused-ring (bicyclic) bond motifs is 1. The first-order valence-electron chi connectivity index (χ1n) is 9.71. The van der Waals surface area contributed by atoms with Gasteiger partial charge in [-0.15, -0.1) is 0 Å². The van der Waals surface area contributed by atoms with Gasteiger partial charge in [0.25, 0.3) is 5.91 Å². The Morgan fingerprint density at radius 2 is 1.70 bits per heavy atom. The molecule has 1 fully saturated rings. The van der Waals surface area contributed by atoms with Crippen LogP contribution in [-0.2, 0) is 22.4 Å². The van der Waals surface area contributed by atoms with Crippen LogP contribution in [0.15, 0.2) is 36.4 Å². The number of hydrogen-bond acceptors (Lipinski definition) is 5. The number of benzene rings is 2. The van der Waals surface area contributed by atoms with Crippen LogP contribution in [0, 0.1) is 0 Å². The number of hydrogen-bond donors (Lipinski definition) is 3. The topological polar surface area (TPSA) is 106 Å². The number of urea groups is 1. The monoisotopic (exact) mass is 409 g/mol. The summed E-state index contributed by atoms with van der Waals surface area (Å²) in [6.07, 6.45) is 1.38. The highest BCUT2D eigenvalue weighted by Crippen LogP contribution is 2.34. The van der Waals surface area contributed by atoms with Crippen LogP contribution in [0.5, 0.6) is 11.5 Å². The maximum absolute atomic E-state index is 12.3. The smallest absolute Gasteiger partial charge is 0.322 e. The molecule has 0 bridgehead atoms. The third-order valence-corrected chi connectivity index (χ3v) is 5.47. The zero-order valence-corrected chi connectivity index (χ0v) is 16.8. The lowest BCUT2D eigenvalue weighted by atomic mass is 10.0. The van der Waals surface area contributed by atoms with Gasteiger partial charge in [0, 0.05) is 6.04 Å². The first-order chi connectivity index (χ1) is 14.5. The number of nitrogens with one attached hydrogen (secondary N) is 3. The number of ether oxygens (including phenoxy) is 2. The molecule has 0 radical (unpaired) electrons. The largest absolute Gasteiger partial charge is 0.493 e. The standard InChI is InChI=1S/C22H23N3O5/c1-29-18-6-5-14(10-19(18)30-2)12-3-4-13-8-16(9-15(13)7-12)23-20(26)11-17-21(27)25-22(28)24-17/h3-7,10,16-17H,8-9,11H2,1-2H3,(H,23,26)(H2,24,25,27,28). The molecule has 2 atom stereocenters. The lowest BCUT2D eigenvalue weighted by molar-refractivity contribution is -0.126. The van der Waals surface area contributed by atoms with E-state index >= 15 is 0 Å². The fourth-order valence-corrected chi connectivity index (χ4v) is 3.99. The van der Waals surface area contributed by atoms with Crippen molar-refractivity contribution in [2.45, 2.75) is 31.3 Å². The maximum atomic E-state index is 12.3. The summed E-state index contributed by atoms with van der Waals surface area (Å²) in [5.74, 6) is 0.626. The fourth-order valence-electron chi connectivity index (χ4n) is 3.99. The van der Waals surface area contributed by atoms with Crippen molar-refractivity contribution >= 4 is 17.8 Å². The highest BCUT2D eigenvalue weighted by Gasteiger charge is 2.32. The van der Waals surface area contributed by atoms with E-state index in [2.05, 4.69) is 34.1 Å². The van der Waals surface area contributed by atoms with Gasteiger partial charge in [-0.2, -0.15) is 0 Å². The minimum Gasteiger partial charge on any atom is -0.493 e. The van der Waals surface area contributed by atoms with Crippen molar-refractivity contribution in [1.29, 1.82) is 0 Å². The minimum absolute atomic E-state index is 0.0340. The number of carbonyl (C=O) groups is 3. The molecule has 30 heavy (non-hydrogen) atoms. The van der Waals surface area contributed by atoms with Gasteiger partial charge in [0.1, 0.15) is 6.04 Å². The summed E-state index contributed by atoms with van der Waals surface area (Å²) < 4.78 is 10.7. The number of methoxy groups -OCH3 is 2. The summed E-state index contributed by atoms with van der Waals surface area (Å²) >= 11 is 0. The van der Waals surface area contributed by atoms with Gasteiger partial charge in [-0.3, -0.25) is 14.9 Å². The Bertz CT molecular complexity index is 1020. The Labute approximate surface area is 173 Å². The third kappa shape index (κ3) is 3.94. The average Bonchev–Trinajstić information content (AvgIpc) is 3.27. The lowest BCUT2D eigenvalue weighted by Gasteiger charge is -2.13. The van der Waals surface area contributed by atoms with Crippen molar-refractivity contribution in [3.8, 4) is 22.6 Å². The van der Waals surface area contributed by atoms with Gasteiger partial charge in [0.05, 0.1) is 20.6 Å². The van der Waals surface area contributed by atoms with E-state index in [0.29, 0.717) is 17.9 Å². The van der Waals surface area contributed by atoms with E-state index in [-0.39, 0.29) is 18.4 Å². The molecule has 4 amide bonds. The van der Waals surface area contributed by atoms with Crippen molar-refractivity contribution in [1.82, 2.24) is 16.0 Å². The van der Waals surface area contributed by atoms with Gasteiger partial charge < -0.3 is 20.1 Å². The van der Waals surface area contributed by atoms with E-state index in [4.69, 9.17) is 9.47 Å². The van der Waals surface area contributed by atoms with E-state index in [1.54, 1.807) is 14.2 Å². The summed E-state index contributed by atoms with van der Waals surface area (Å²) in [5, 5.41) is 7.55. The summed E-state index contributed by atoms with van der Waals surface area (Å²) in [5.41, 5.74) is 4.45. The molecule has 3 N–H and O–H groups in total. The molecular formula is C22H23N3O5. The van der Waals surface area contributed by atoms with Crippen LogP contribution < -0.4 is 25.4 Å². The van der Waals surface area contributed by atoms with E-state index in [0.717, 1.165) is 17.5 Å². The first-order valence-corrected chi connectivity index (χ1v) is 9.71. The van der Waals surface area contributed by atoms with Crippen molar-refractivity contribution in [2.75, 3.05) is 14.2 Å². The normalized spacial score (nSPS) is 19.7. The van der Waals surface area contributed by atoms with Gasteiger partial charge in [-0.05, 0) is 47.2 Å². The van der Waals surface area contributed by atoms with Crippen molar-refractivity contribution in [3.05, 3.63) is 47.5 Å². The van der Waals surface area contributed by atoms with Crippen molar-refractivity contribution in [2.24, 2.45) is 0 Å². The van der Waals surface area contributed by atoms with Gasteiger partial charge in [-0.25, -0.2) is 4.79 Å². The van der Waals surface area contributed by atoms with Gasteiger partial charge in [0.2, 0.25) is 5.91 Å². The summed E-state index contributed by atoms with van der Waals surface area (Å²) in [7, 11) is 3.21. The Morgan fingerprint density at radius 3 is 2.40 bits per heavy atom. The van der Waals surface area contributed by atoms with Crippen molar-refractivity contribution in [3.63, 3.8) is 0 Å². The van der Waals surface area contributed by atoms with Crippen LogP contribution in [-0.4, -0.2) is 44.1 Å². The van der Waals surface area contributed by atoms with Crippen LogP contribution in [0.2, 0.25) is 0 Å². The predicted molar refractivity (Wildman–Crippen MR) is 109 cm³/mol. The van der Waals surface area contributed by atoms with Gasteiger partial charge in [-0.1, -0.05) is 24.3 Å². The molecule has 1 aliphatic heterocycles. The van der Waals surface area contributed by atoms with E-state index < -0.39 is 18.0 Å². The zero-order valence-electron chi connectivity index (χ0n) is 16.8. The highest BCUT2D eigenvalue weighted by atomic mass is 16.5. The van der Waals surface area contributed by atoms with Crippen LogP contribution in [0.3, 0.4) is 0 Å². The predicted octanol–water partition coefficient (Wildman–Crippen LogP) is 1.55. The number of amides is 4. The van der Waals surface area contributed by atoms with E-state index in [1.807, 2.05) is 18.2 Å². The van der Waals surface area contributed by atoms with Crippen LogP contribution in [0.25, 0.3) is 11.1 Å². The highest BCUT2D eigenvalue weighted by molar-refractivity contribution is 6.05. The lowest BCUT2D eigenvalue weighted by Crippen LogP contribution is -2.40. The van der Waals surface area contributed by atoms with E-state index in [9.17, 15) is 14.4 Å². The molecular weight excluding hydrogens is 386 g/mol. The van der Waals surface area contributed by atoms with Crippen molar-refractivity contribution < 1.29 is 23.9 Å². The van der Waals surface area contributed by atoms with Gasteiger partial charge in [0.15, 0.2) is 11.5 Å². The minimum atomic E-state index is -0.807. The molecule has 0 aromatic heterocycles. The second-order valence-electron chi connectivity index (χ2n) is 7.45. The quantitative estimate of drug-likeness (QED) is 0.628. The SMILES string of the molecule is COc1ccc(-c2ccc3c(c2)CC(NC(=O)CC2NC(=O)NC2=O)C3)cc1OC. The second-order valence-corrected chi connectivity index (χ2v) is 7.45. The molecule has 4 rings (SSSR count). The second kappa shape index (κ2) is 8.06. The molecule has 8 nitrogen and oxygen atoms in total. The molecule has 1 aliphatic carbocycles. The number of carbonyl (C=O) groups excluding carboxylic acids is 3. The molecule has 1 saturated heterocycles. The maximum Gasteiger partial charge on any atom is 0.322 e. The molecule has 2 aromatic carbocycles. The molecule has 156 valence electrons. The fraction of sp³-hybridized carbons (Fsp3) is 0.318. The molecule has 2 aliphatic rings. The molecule has 1 heterocycles. The Hall–Kier alpha value is -3.55. The summed E-state index contributed by atoms with van der Waals surface area (Å²) in [6, 6.07) is 10.7. The Balaban J connectivity index is 1.42. The average molecular weight is 409 g/mol. The zero-order chi connectivity index (χ0) is 21.3. The third-order valence-electron chi connectivity index (χ3n) is 5.47. The van der Waals surface area contributed by atoms with Gasteiger partial charge >= 0.3 is 6.03 Å². The molecule has 2 aromatic rings. The number of rotatable bonds is 6. The molecule has 0 spiro atoms. The molecule has 0 saturated carbocycles. The van der Waals surface area contributed by atoms with Crippen LogP contribution >= 0.6 is 0 Å². The summed E-state index contributed by atoms with van der Waals surface area (Å²) in [6.45, 7) is 0. The van der Waals surface area contributed by atoms with Crippen LogP contribution in [0.1, 0.15) is 17.5 Å².